The first-order valence-electron chi connectivity index (χ1n) is 4.86. The Balaban J connectivity index is 2.38. The first kappa shape index (κ1) is 13.3. The Kier molecular flexibility index (Phi) is 3.61. The number of carbonyl (C=O) groups excluding carboxylic acids is 1. The minimum absolute atomic E-state index is 0.242. The first-order valence-corrected chi connectivity index (χ1v) is 6.13. The van der Waals surface area contributed by atoms with Crippen LogP contribution in [0.1, 0.15) is 0 Å². The summed E-state index contributed by atoms with van der Waals surface area (Å²) in [6.45, 7) is -0.242. The summed E-state index contributed by atoms with van der Waals surface area (Å²) in [5.41, 5.74) is -0.467. The van der Waals surface area contributed by atoms with Crippen molar-refractivity contribution >= 4 is 53.5 Å². The molecule has 1 unspecified atom stereocenters. The quantitative estimate of drug-likeness (QED) is 0.784. The highest BCUT2D eigenvalue weighted by Gasteiger charge is 2.39. The minimum atomic E-state index is -1.21. The van der Waals surface area contributed by atoms with Crippen LogP contribution in [0.3, 0.4) is 0 Å². The van der Waals surface area contributed by atoms with Gasteiger partial charge >= 0.3 is 6.09 Å². The Labute approximate surface area is 118 Å². The van der Waals surface area contributed by atoms with Crippen LogP contribution in [-0.4, -0.2) is 34.0 Å². The molecule has 0 aliphatic carbocycles. The van der Waals surface area contributed by atoms with Gasteiger partial charge < -0.3 is 5.11 Å². The number of benzene rings is 1. The van der Waals surface area contributed by atoms with E-state index in [1.165, 1.54) is 23.1 Å². The minimum Gasteiger partial charge on any atom is -0.465 e. The lowest BCUT2D eigenvalue weighted by atomic mass is 10.3. The normalized spacial score (nSPS) is 19.5. The van der Waals surface area contributed by atoms with E-state index in [2.05, 4.69) is 12.6 Å². The van der Waals surface area contributed by atoms with E-state index < -0.39 is 11.6 Å². The Morgan fingerprint density at radius 2 is 1.89 bits per heavy atom. The molecule has 96 valence electrons. The summed E-state index contributed by atoms with van der Waals surface area (Å²) < 4.78 is 0. The van der Waals surface area contributed by atoms with Crippen molar-refractivity contribution in [3.8, 4) is 0 Å². The molecule has 2 amide bonds. The molecule has 1 heterocycles. The zero-order valence-electron chi connectivity index (χ0n) is 8.88. The maximum absolute atomic E-state index is 11.8. The molecule has 1 aromatic rings. The highest BCUT2D eigenvalue weighted by molar-refractivity contribution is 7.81. The summed E-state index contributed by atoms with van der Waals surface area (Å²) in [4.78, 5) is 24.9. The third-order valence-corrected chi connectivity index (χ3v) is 3.40. The third kappa shape index (κ3) is 2.36. The Bertz CT molecular complexity index is 506. The zero-order valence-corrected chi connectivity index (χ0v) is 11.3. The lowest BCUT2D eigenvalue weighted by Crippen LogP contribution is -2.37. The molecule has 2 rings (SSSR count). The fourth-order valence-corrected chi connectivity index (χ4v) is 2.65. The number of carboxylic acid groups (broad SMARTS) is 1. The summed E-state index contributed by atoms with van der Waals surface area (Å²) in [6, 6.07) is 4.58. The van der Waals surface area contributed by atoms with Gasteiger partial charge in [-0.25, -0.2) is 4.79 Å². The van der Waals surface area contributed by atoms with Crippen LogP contribution < -0.4 is 4.90 Å². The van der Waals surface area contributed by atoms with E-state index in [9.17, 15) is 9.59 Å². The number of carbonyl (C=O) groups is 2. The topological polar surface area (TPSA) is 60.9 Å². The van der Waals surface area contributed by atoms with Crippen molar-refractivity contribution in [2.24, 2.45) is 0 Å². The van der Waals surface area contributed by atoms with Crippen molar-refractivity contribution in [3.63, 3.8) is 0 Å². The smallest absolute Gasteiger partial charge is 0.410 e. The molecule has 18 heavy (non-hydrogen) atoms. The number of nitrogens with zero attached hydrogens (tertiary/aromatic N) is 2. The highest BCUT2D eigenvalue weighted by Crippen LogP contribution is 2.31. The van der Waals surface area contributed by atoms with Crippen molar-refractivity contribution in [1.29, 1.82) is 0 Å². The fourth-order valence-electron chi connectivity index (χ4n) is 1.69. The highest BCUT2D eigenvalue weighted by atomic mass is 35.5. The van der Waals surface area contributed by atoms with Gasteiger partial charge in [0.2, 0.25) is 5.91 Å². The second-order valence-corrected chi connectivity index (χ2v) is 4.98. The molecule has 1 aliphatic rings. The molecule has 1 aliphatic heterocycles. The lowest BCUT2D eigenvalue weighted by molar-refractivity contribution is -0.116. The predicted octanol–water partition coefficient (Wildman–Crippen LogP) is 2.53. The SMILES string of the molecule is O=C(O)N1CC(=O)N(c2cc(Cl)cc(Cl)c2)C1S. The second-order valence-electron chi connectivity index (χ2n) is 3.65. The van der Waals surface area contributed by atoms with E-state index in [-0.39, 0.29) is 12.5 Å². The van der Waals surface area contributed by atoms with Gasteiger partial charge in [-0.1, -0.05) is 23.2 Å². The predicted molar refractivity (Wildman–Crippen MR) is 71.5 cm³/mol. The van der Waals surface area contributed by atoms with E-state index in [1.54, 1.807) is 0 Å². The van der Waals surface area contributed by atoms with Crippen molar-refractivity contribution in [3.05, 3.63) is 28.2 Å². The van der Waals surface area contributed by atoms with Crippen molar-refractivity contribution in [2.75, 3.05) is 11.4 Å². The maximum Gasteiger partial charge on any atom is 0.410 e. The molecule has 0 aromatic heterocycles. The zero-order chi connectivity index (χ0) is 13.4. The summed E-state index contributed by atoms with van der Waals surface area (Å²) in [6.07, 6.45) is -1.21. The van der Waals surface area contributed by atoms with E-state index in [1.807, 2.05) is 0 Å². The largest absolute Gasteiger partial charge is 0.465 e. The van der Waals surface area contributed by atoms with Crippen LogP contribution in [0.25, 0.3) is 0 Å². The van der Waals surface area contributed by atoms with Crippen LogP contribution >= 0.6 is 35.8 Å². The number of thiol groups is 1. The van der Waals surface area contributed by atoms with Crippen LogP contribution in [0.5, 0.6) is 0 Å². The molecule has 0 saturated carbocycles. The van der Waals surface area contributed by atoms with Gasteiger partial charge in [0, 0.05) is 15.7 Å². The first-order chi connectivity index (χ1) is 8.40. The average molecular weight is 307 g/mol. The summed E-state index contributed by atoms with van der Waals surface area (Å²) in [7, 11) is 0. The summed E-state index contributed by atoms with van der Waals surface area (Å²) in [5, 5.41) is 9.64. The number of hydrogen-bond donors (Lipinski definition) is 2. The summed E-state index contributed by atoms with van der Waals surface area (Å²) in [5.74, 6) is -0.379. The van der Waals surface area contributed by atoms with Gasteiger partial charge in [0.15, 0.2) is 5.50 Å². The molecule has 0 bridgehead atoms. The average Bonchev–Trinajstić information content (AvgIpc) is 2.52. The standard InChI is InChI=1S/C10H8Cl2N2O3S/c11-5-1-6(12)3-7(2-5)14-8(15)4-13(9(14)18)10(16)17/h1-3,9,18H,4H2,(H,16,17). The fraction of sp³-hybridized carbons (Fsp3) is 0.200. The van der Waals surface area contributed by atoms with Crippen molar-refractivity contribution in [2.45, 2.75) is 5.50 Å². The van der Waals surface area contributed by atoms with Gasteiger partial charge in [-0.15, -0.1) is 12.6 Å². The molecule has 0 spiro atoms. The Morgan fingerprint density at radius 1 is 1.33 bits per heavy atom. The number of rotatable bonds is 1. The number of amides is 2. The molecule has 5 nitrogen and oxygen atoms in total. The second kappa shape index (κ2) is 4.87. The molecule has 1 aromatic carbocycles. The number of hydrogen-bond acceptors (Lipinski definition) is 3. The van der Waals surface area contributed by atoms with Crippen LogP contribution in [-0.2, 0) is 4.79 Å². The Hall–Kier alpha value is -1.11. The van der Waals surface area contributed by atoms with E-state index in [0.717, 1.165) is 4.90 Å². The third-order valence-electron chi connectivity index (χ3n) is 2.46. The molecule has 0 radical (unpaired) electrons. The molecular formula is C10H8Cl2N2O3S. The number of halogens is 2. The van der Waals surface area contributed by atoms with Crippen LogP contribution in [0.2, 0.25) is 10.0 Å². The molecule has 8 heteroatoms. The van der Waals surface area contributed by atoms with Gasteiger partial charge in [-0.05, 0) is 18.2 Å². The molecule has 1 fully saturated rings. The van der Waals surface area contributed by atoms with E-state index >= 15 is 0 Å². The maximum atomic E-state index is 11.8. The van der Waals surface area contributed by atoms with Crippen molar-refractivity contribution < 1.29 is 14.7 Å². The van der Waals surface area contributed by atoms with Gasteiger partial charge in [0.25, 0.3) is 0 Å². The molecule has 1 N–H and O–H groups in total. The Morgan fingerprint density at radius 3 is 2.33 bits per heavy atom. The summed E-state index contributed by atoms with van der Waals surface area (Å²) >= 11 is 15.8. The molecule has 1 saturated heterocycles. The van der Waals surface area contributed by atoms with Gasteiger partial charge in [0.05, 0.1) is 0 Å². The van der Waals surface area contributed by atoms with Crippen LogP contribution in [0, 0.1) is 0 Å². The lowest BCUT2D eigenvalue weighted by Gasteiger charge is -2.24. The monoisotopic (exact) mass is 306 g/mol. The van der Waals surface area contributed by atoms with Crippen LogP contribution in [0.4, 0.5) is 10.5 Å². The molecular weight excluding hydrogens is 299 g/mol. The molecule has 1 atom stereocenters. The van der Waals surface area contributed by atoms with Gasteiger partial charge in [-0.2, -0.15) is 0 Å². The van der Waals surface area contributed by atoms with Crippen molar-refractivity contribution in [1.82, 2.24) is 4.90 Å². The van der Waals surface area contributed by atoms with Gasteiger partial charge in [-0.3, -0.25) is 14.6 Å². The van der Waals surface area contributed by atoms with E-state index in [0.29, 0.717) is 15.7 Å². The van der Waals surface area contributed by atoms with Crippen LogP contribution in [0.15, 0.2) is 18.2 Å². The van der Waals surface area contributed by atoms with Gasteiger partial charge in [0.1, 0.15) is 6.54 Å². The number of anilines is 1. The van der Waals surface area contributed by atoms with E-state index in [4.69, 9.17) is 28.3 Å².